The number of pyridine rings is 1. The van der Waals surface area contributed by atoms with Crippen LogP contribution in [-0.2, 0) is 0 Å². The summed E-state index contributed by atoms with van der Waals surface area (Å²) in [5, 5.41) is 4.53. The van der Waals surface area contributed by atoms with Crippen LogP contribution in [0.25, 0.3) is 5.69 Å². The van der Waals surface area contributed by atoms with E-state index in [-0.39, 0.29) is 5.78 Å². The van der Waals surface area contributed by atoms with Crippen LogP contribution in [0.15, 0.2) is 30.6 Å². The molecule has 0 bridgehead atoms. The smallest absolute Gasteiger partial charge is 0.180 e. The zero-order valence-corrected chi connectivity index (χ0v) is 10.3. The number of nitrogens with zero attached hydrogens (tertiary/aromatic N) is 3. The molecule has 0 aliphatic heterocycles. The fourth-order valence-electron chi connectivity index (χ4n) is 1.95. The quantitative estimate of drug-likeness (QED) is 0.773. The van der Waals surface area contributed by atoms with E-state index in [0.29, 0.717) is 18.0 Å². The lowest BCUT2D eigenvalue weighted by atomic mass is 10.2. The zero-order chi connectivity index (χ0) is 12.5. The zero-order valence-electron chi connectivity index (χ0n) is 10.3. The molecule has 2 aromatic rings. The van der Waals surface area contributed by atoms with Crippen LogP contribution < -0.4 is 0 Å². The number of aromatic nitrogens is 3. The molecule has 92 valence electrons. The number of rotatable bonds is 4. The lowest BCUT2D eigenvalue weighted by Gasteiger charge is -2.02. The Hall–Kier alpha value is -1.97. The Kier molecular flexibility index (Phi) is 2.70. The van der Waals surface area contributed by atoms with Crippen molar-refractivity contribution < 1.29 is 4.79 Å². The molecule has 1 aliphatic rings. The van der Waals surface area contributed by atoms with Gasteiger partial charge in [-0.3, -0.25) is 9.78 Å². The second-order valence-electron chi connectivity index (χ2n) is 4.64. The lowest BCUT2D eigenvalue weighted by Crippen LogP contribution is -2.02. The Balaban J connectivity index is 1.84. The van der Waals surface area contributed by atoms with E-state index in [9.17, 15) is 4.79 Å². The van der Waals surface area contributed by atoms with Crippen LogP contribution in [0.3, 0.4) is 0 Å². The third kappa shape index (κ3) is 2.06. The largest absolute Gasteiger partial charge is 0.292 e. The highest BCUT2D eigenvalue weighted by molar-refractivity contribution is 5.93. The number of carbonyl (C=O) groups excluding carboxylic acids is 1. The van der Waals surface area contributed by atoms with E-state index >= 15 is 0 Å². The highest BCUT2D eigenvalue weighted by Gasteiger charge is 2.25. The average molecular weight is 241 g/mol. The van der Waals surface area contributed by atoms with E-state index < -0.39 is 0 Å². The van der Waals surface area contributed by atoms with Gasteiger partial charge in [0.25, 0.3) is 0 Å². The summed E-state index contributed by atoms with van der Waals surface area (Å²) in [5.74, 6) is 0.723. The van der Waals surface area contributed by atoms with Gasteiger partial charge in [0.2, 0.25) is 0 Å². The van der Waals surface area contributed by atoms with Crippen LogP contribution in [0, 0.1) is 0 Å². The fraction of sp³-hybridized carbons (Fsp3) is 0.357. The lowest BCUT2D eigenvalue weighted by molar-refractivity contribution is 0.0983. The second-order valence-corrected chi connectivity index (χ2v) is 4.64. The normalized spacial score (nSPS) is 14.7. The van der Waals surface area contributed by atoms with Crippen LogP contribution in [0.5, 0.6) is 0 Å². The van der Waals surface area contributed by atoms with Crippen LogP contribution >= 0.6 is 0 Å². The van der Waals surface area contributed by atoms with E-state index in [2.05, 4.69) is 16.1 Å². The number of hydrogen-bond donors (Lipinski definition) is 0. The third-order valence-electron chi connectivity index (χ3n) is 3.22. The molecule has 2 heterocycles. The first-order valence-corrected chi connectivity index (χ1v) is 6.33. The molecule has 4 nitrogen and oxygen atoms in total. The van der Waals surface area contributed by atoms with Crippen molar-refractivity contribution in [2.75, 3.05) is 0 Å². The first-order chi connectivity index (χ1) is 8.78. The van der Waals surface area contributed by atoms with Gasteiger partial charge in [-0.05, 0) is 31.0 Å². The predicted molar refractivity (Wildman–Crippen MR) is 68.0 cm³/mol. The standard InChI is InChI=1S/C14H15N3O/c1-2-14(18)13-6-5-11(9-15-13)17-8-7-12(16-17)10-3-4-10/h5-10H,2-4H2,1H3. The van der Waals surface area contributed by atoms with Gasteiger partial charge in [-0.25, -0.2) is 4.68 Å². The minimum Gasteiger partial charge on any atom is -0.292 e. The van der Waals surface area contributed by atoms with E-state index in [1.54, 1.807) is 12.3 Å². The molecule has 0 saturated heterocycles. The molecular weight excluding hydrogens is 226 g/mol. The maximum Gasteiger partial charge on any atom is 0.180 e. The van der Waals surface area contributed by atoms with Crippen molar-refractivity contribution in [1.29, 1.82) is 0 Å². The third-order valence-corrected chi connectivity index (χ3v) is 3.22. The van der Waals surface area contributed by atoms with E-state index in [1.165, 1.54) is 12.8 Å². The Morgan fingerprint density at radius 2 is 2.22 bits per heavy atom. The van der Waals surface area contributed by atoms with Crippen molar-refractivity contribution in [2.45, 2.75) is 32.1 Å². The van der Waals surface area contributed by atoms with Gasteiger partial charge in [-0.2, -0.15) is 5.10 Å². The van der Waals surface area contributed by atoms with Crippen LogP contribution in [0.1, 0.15) is 48.3 Å². The van der Waals surface area contributed by atoms with Gasteiger partial charge < -0.3 is 0 Å². The van der Waals surface area contributed by atoms with Crippen molar-refractivity contribution in [1.82, 2.24) is 14.8 Å². The number of Topliss-reactive ketones (excluding diaryl/α,β-unsaturated/α-hetero) is 1. The highest BCUT2D eigenvalue weighted by Crippen LogP contribution is 2.38. The van der Waals surface area contributed by atoms with Crippen LogP contribution in [-0.4, -0.2) is 20.5 Å². The molecule has 18 heavy (non-hydrogen) atoms. The molecule has 0 atom stereocenters. The Labute approximate surface area is 106 Å². The topological polar surface area (TPSA) is 47.8 Å². The molecule has 2 aromatic heterocycles. The van der Waals surface area contributed by atoms with Crippen molar-refractivity contribution in [2.24, 2.45) is 0 Å². The summed E-state index contributed by atoms with van der Waals surface area (Å²) in [7, 11) is 0. The summed E-state index contributed by atoms with van der Waals surface area (Å²) >= 11 is 0. The molecule has 4 heteroatoms. The van der Waals surface area contributed by atoms with Gasteiger partial charge in [-0.1, -0.05) is 6.92 Å². The number of ketones is 1. The molecule has 1 fully saturated rings. The minimum atomic E-state index is 0.0701. The van der Waals surface area contributed by atoms with Gasteiger partial charge in [-0.15, -0.1) is 0 Å². The molecular formula is C14H15N3O. The van der Waals surface area contributed by atoms with Crippen LogP contribution in [0.4, 0.5) is 0 Å². The van der Waals surface area contributed by atoms with Crippen molar-refractivity contribution >= 4 is 5.78 Å². The van der Waals surface area contributed by atoms with Crippen molar-refractivity contribution in [3.8, 4) is 5.69 Å². The maximum absolute atomic E-state index is 11.5. The fourth-order valence-corrected chi connectivity index (χ4v) is 1.95. The monoisotopic (exact) mass is 241 g/mol. The highest BCUT2D eigenvalue weighted by atomic mass is 16.1. The SMILES string of the molecule is CCC(=O)c1ccc(-n2ccc(C3CC3)n2)cn1. The Morgan fingerprint density at radius 3 is 2.83 bits per heavy atom. The molecule has 0 aromatic carbocycles. The van der Waals surface area contributed by atoms with Gasteiger partial charge >= 0.3 is 0 Å². The molecule has 0 spiro atoms. The number of carbonyl (C=O) groups is 1. The summed E-state index contributed by atoms with van der Waals surface area (Å²) in [6.45, 7) is 1.84. The maximum atomic E-state index is 11.5. The van der Waals surface area contributed by atoms with Gasteiger partial charge in [0.1, 0.15) is 5.69 Å². The first kappa shape index (κ1) is 11.1. The number of hydrogen-bond acceptors (Lipinski definition) is 3. The first-order valence-electron chi connectivity index (χ1n) is 6.33. The molecule has 0 N–H and O–H groups in total. The molecule has 3 rings (SSSR count). The molecule has 1 saturated carbocycles. The van der Waals surface area contributed by atoms with Crippen LogP contribution in [0.2, 0.25) is 0 Å². The Morgan fingerprint density at radius 1 is 1.39 bits per heavy atom. The summed E-state index contributed by atoms with van der Waals surface area (Å²) in [6, 6.07) is 5.71. The van der Waals surface area contributed by atoms with Crippen molar-refractivity contribution in [3.05, 3.63) is 42.0 Å². The van der Waals surface area contributed by atoms with Crippen molar-refractivity contribution in [3.63, 3.8) is 0 Å². The average Bonchev–Trinajstić information content (AvgIpc) is 3.16. The predicted octanol–water partition coefficient (Wildman–Crippen LogP) is 2.74. The minimum absolute atomic E-state index is 0.0701. The summed E-state index contributed by atoms with van der Waals surface area (Å²) in [5.41, 5.74) is 2.58. The molecule has 0 unspecified atom stereocenters. The van der Waals surface area contributed by atoms with E-state index in [1.807, 2.05) is 23.9 Å². The Bertz CT molecular complexity index is 567. The van der Waals surface area contributed by atoms with E-state index in [0.717, 1.165) is 11.4 Å². The second kappa shape index (κ2) is 4.37. The molecule has 0 radical (unpaired) electrons. The summed E-state index contributed by atoms with van der Waals surface area (Å²) < 4.78 is 1.82. The van der Waals surface area contributed by atoms with Gasteiger partial charge in [0.05, 0.1) is 17.6 Å². The summed E-state index contributed by atoms with van der Waals surface area (Å²) in [4.78, 5) is 15.7. The molecule has 1 aliphatic carbocycles. The van der Waals surface area contributed by atoms with Gasteiger partial charge in [0.15, 0.2) is 5.78 Å². The van der Waals surface area contributed by atoms with E-state index in [4.69, 9.17) is 0 Å². The van der Waals surface area contributed by atoms with Gasteiger partial charge in [0, 0.05) is 18.5 Å². The summed E-state index contributed by atoms with van der Waals surface area (Å²) in [6.07, 6.45) is 6.64. The molecule has 0 amide bonds.